The Hall–Kier alpha value is -0.530. The predicted octanol–water partition coefficient (Wildman–Crippen LogP) is 3.55. The molecule has 0 aromatic carbocycles. The van der Waals surface area contributed by atoms with Crippen LogP contribution in [0, 0.1) is 11.8 Å². The number of ether oxygens (including phenoxy) is 1. The molecule has 1 aliphatic rings. The van der Waals surface area contributed by atoms with Gasteiger partial charge in [-0.25, -0.2) is 0 Å². The highest BCUT2D eigenvalue weighted by Gasteiger charge is 2.20. The monoisotopic (exact) mass is 212 g/mol. The zero-order valence-electron chi connectivity index (χ0n) is 10.1. The van der Waals surface area contributed by atoms with E-state index in [0.29, 0.717) is 6.61 Å². The van der Waals surface area contributed by atoms with Gasteiger partial charge in [-0.3, -0.25) is 4.79 Å². The molecule has 1 rings (SSSR count). The summed E-state index contributed by atoms with van der Waals surface area (Å²) in [5.41, 5.74) is 0. The molecule has 0 spiro atoms. The van der Waals surface area contributed by atoms with Crippen LogP contribution in [0.1, 0.15) is 58.8 Å². The van der Waals surface area contributed by atoms with Crippen LogP contribution >= 0.6 is 0 Å². The van der Waals surface area contributed by atoms with Crippen molar-refractivity contribution in [1.82, 2.24) is 0 Å². The topological polar surface area (TPSA) is 26.3 Å². The third kappa shape index (κ3) is 5.19. The van der Waals surface area contributed by atoms with Crippen LogP contribution in [-0.4, -0.2) is 12.6 Å². The molecule has 2 nitrogen and oxygen atoms in total. The lowest BCUT2D eigenvalue weighted by atomic mass is 9.79. The van der Waals surface area contributed by atoms with Crippen LogP contribution < -0.4 is 0 Å². The number of carbonyl (C=O) groups is 1. The first-order valence-electron chi connectivity index (χ1n) is 6.35. The summed E-state index contributed by atoms with van der Waals surface area (Å²) in [6.07, 6.45) is 9.24. The highest BCUT2D eigenvalue weighted by atomic mass is 16.5. The van der Waals surface area contributed by atoms with Gasteiger partial charge in [0.2, 0.25) is 0 Å². The number of carbonyl (C=O) groups excluding carboxylic acids is 1. The van der Waals surface area contributed by atoms with Crippen molar-refractivity contribution in [1.29, 1.82) is 0 Å². The predicted molar refractivity (Wildman–Crippen MR) is 61.6 cm³/mol. The molecule has 0 heterocycles. The summed E-state index contributed by atoms with van der Waals surface area (Å²) in [6, 6.07) is 0. The summed E-state index contributed by atoms with van der Waals surface area (Å²) in [6.45, 7) is 4.38. The Balaban J connectivity index is 2.06. The van der Waals surface area contributed by atoms with E-state index >= 15 is 0 Å². The fourth-order valence-electron chi connectivity index (χ4n) is 2.59. The van der Waals surface area contributed by atoms with Crippen molar-refractivity contribution in [3.8, 4) is 0 Å². The van der Waals surface area contributed by atoms with Crippen molar-refractivity contribution in [2.24, 2.45) is 11.8 Å². The zero-order valence-corrected chi connectivity index (χ0v) is 10.1. The molecule has 1 fully saturated rings. The Kier molecular flexibility index (Phi) is 5.74. The summed E-state index contributed by atoms with van der Waals surface area (Å²) in [5.74, 6) is 1.63. The van der Waals surface area contributed by atoms with E-state index in [1.54, 1.807) is 0 Å². The third-order valence-corrected chi connectivity index (χ3v) is 3.49. The second kappa shape index (κ2) is 6.86. The van der Waals surface area contributed by atoms with Crippen LogP contribution in [0.15, 0.2) is 0 Å². The fourth-order valence-corrected chi connectivity index (χ4v) is 2.59. The maximum atomic E-state index is 10.6. The van der Waals surface area contributed by atoms with Crippen molar-refractivity contribution in [3.05, 3.63) is 0 Å². The Morgan fingerprint density at radius 1 is 1.13 bits per heavy atom. The lowest BCUT2D eigenvalue weighted by molar-refractivity contribution is -0.141. The largest absolute Gasteiger partial charge is 0.466 e. The van der Waals surface area contributed by atoms with Gasteiger partial charge in [-0.1, -0.05) is 45.4 Å². The van der Waals surface area contributed by atoms with E-state index < -0.39 is 0 Å². The lowest BCUT2D eigenvalue weighted by Gasteiger charge is -2.28. The molecular formula is C13H24O2. The standard InChI is InChI=1S/C13H24O2/c1-3-4-12-5-7-13(8-6-12)9-10-15-11(2)14/h12-13H,3-10H2,1-2H3/t12-,13-. The average molecular weight is 212 g/mol. The maximum absolute atomic E-state index is 10.6. The van der Waals surface area contributed by atoms with Gasteiger partial charge >= 0.3 is 5.97 Å². The van der Waals surface area contributed by atoms with E-state index in [0.717, 1.165) is 18.3 Å². The van der Waals surface area contributed by atoms with Gasteiger partial charge in [0.25, 0.3) is 0 Å². The minimum Gasteiger partial charge on any atom is -0.466 e. The lowest BCUT2D eigenvalue weighted by Crippen LogP contribution is -2.16. The van der Waals surface area contributed by atoms with E-state index in [2.05, 4.69) is 6.92 Å². The molecule has 0 aliphatic heterocycles. The second-order valence-corrected chi connectivity index (χ2v) is 4.80. The van der Waals surface area contributed by atoms with Crippen molar-refractivity contribution in [2.45, 2.75) is 58.8 Å². The normalized spacial score (nSPS) is 26.3. The van der Waals surface area contributed by atoms with Crippen LogP contribution in [0.4, 0.5) is 0 Å². The number of rotatable bonds is 5. The number of hydrogen-bond acceptors (Lipinski definition) is 2. The molecule has 0 atom stereocenters. The molecule has 0 N–H and O–H groups in total. The zero-order chi connectivity index (χ0) is 11.1. The van der Waals surface area contributed by atoms with Crippen molar-refractivity contribution < 1.29 is 9.53 Å². The van der Waals surface area contributed by atoms with Crippen LogP contribution in [-0.2, 0) is 9.53 Å². The van der Waals surface area contributed by atoms with Gasteiger partial charge in [0.15, 0.2) is 0 Å². The molecule has 0 amide bonds. The van der Waals surface area contributed by atoms with Crippen molar-refractivity contribution >= 4 is 5.97 Å². The Morgan fingerprint density at radius 3 is 2.13 bits per heavy atom. The van der Waals surface area contributed by atoms with Crippen LogP contribution in [0.3, 0.4) is 0 Å². The van der Waals surface area contributed by atoms with E-state index in [9.17, 15) is 4.79 Å². The molecule has 1 saturated carbocycles. The fraction of sp³-hybridized carbons (Fsp3) is 0.923. The first kappa shape index (κ1) is 12.5. The minimum absolute atomic E-state index is 0.144. The highest BCUT2D eigenvalue weighted by Crippen LogP contribution is 2.32. The minimum atomic E-state index is -0.144. The Labute approximate surface area is 93.4 Å². The maximum Gasteiger partial charge on any atom is 0.302 e. The van der Waals surface area contributed by atoms with Crippen LogP contribution in [0.2, 0.25) is 0 Å². The first-order chi connectivity index (χ1) is 7.22. The molecule has 0 radical (unpaired) electrons. The van der Waals surface area contributed by atoms with Crippen LogP contribution in [0.25, 0.3) is 0 Å². The van der Waals surface area contributed by atoms with Crippen LogP contribution in [0.5, 0.6) is 0 Å². The van der Waals surface area contributed by atoms with Gasteiger partial charge in [-0.15, -0.1) is 0 Å². The van der Waals surface area contributed by atoms with Gasteiger partial charge < -0.3 is 4.74 Å². The molecule has 1 aliphatic carbocycles. The van der Waals surface area contributed by atoms with Gasteiger partial charge in [0.1, 0.15) is 0 Å². The Morgan fingerprint density at radius 2 is 1.67 bits per heavy atom. The summed E-state index contributed by atoms with van der Waals surface area (Å²) in [5, 5.41) is 0. The van der Waals surface area contributed by atoms with E-state index in [4.69, 9.17) is 4.74 Å². The molecule has 0 aromatic heterocycles. The summed E-state index contributed by atoms with van der Waals surface area (Å²) in [7, 11) is 0. The molecule has 2 heteroatoms. The molecular weight excluding hydrogens is 188 g/mol. The quantitative estimate of drug-likeness (QED) is 0.651. The molecule has 15 heavy (non-hydrogen) atoms. The van der Waals surface area contributed by atoms with E-state index in [1.807, 2.05) is 0 Å². The van der Waals surface area contributed by atoms with Gasteiger partial charge in [0, 0.05) is 6.92 Å². The number of hydrogen-bond donors (Lipinski definition) is 0. The molecule has 0 aromatic rings. The number of esters is 1. The van der Waals surface area contributed by atoms with E-state index in [1.165, 1.54) is 45.4 Å². The average Bonchev–Trinajstić information content (AvgIpc) is 2.20. The van der Waals surface area contributed by atoms with Gasteiger partial charge in [-0.05, 0) is 18.3 Å². The SMILES string of the molecule is CCC[C@H]1CC[C@H](CCOC(C)=O)CC1. The Bertz CT molecular complexity index is 181. The molecule has 0 unspecified atom stereocenters. The van der Waals surface area contributed by atoms with Crippen molar-refractivity contribution in [2.75, 3.05) is 6.61 Å². The smallest absolute Gasteiger partial charge is 0.302 e. The van der Waals surface area contributed by atoms with Gasteiger partial charge in [-0.2, -0.15) is 0 Å². The van der Waals surface area contributed by atoms with Gasteiger partial charge in [0.05, 0.1) is 6.61 Å². The molecule has 0 saturated heterocycles. The summed E-state index contributed by atoms with van der Waals surface area (Å²) in [4.78, 5) is 10.6. The summed E-state index contributed by atoms with van der Waals surface area (Å²) < 4.78 is 4.98. The highest BCUT2D eigenvalue weighted by molar-refractivity contribution is 5.65. The molecule has 0 bridgehead atoms. The third-order valence-electron chi connectivity index (χ3n) is 3.49. The first-order valence-corrected chi connectivity index (χ1v) is 6.35. The molecule has 88 valence electrons. The van der Waals surface area contributed by atoms with E-state index in [-0.39, 0.29) is 5.97 Å². The second-order valence-electron chi connectivity index (χ2n) is 4.80. The van der Waals surface area contributed by atoms with Crippen molar-refractivity contribution in [3.63, 3.8) is 0 Å². The summed E-state index contributed by atoms with van der Waals surface area (Å²) >= 11 is 0.